The second kappa shape index (κ2) is 7.61. The van der Waals surface area contributed by atoms with Crippen molar-refractivity contribution in [3.8, 4) is 5.75 Å². The summed E-state index contributed by atoms with van der Waals surface area (Å²) in [5.41, 5.74) is 1.75. The Morgan fingerprint density at radius 2 is 1.80 bits per heavy atom. The van der Waals surface area contributed by atoms with Gasteiger partial charge in [0.15, 0.2) is 5.75 Å². The highest BCUT2D eigenvalue weighted by Gasteiger charge is 2.34. The number of nitrogens with zero attached hydrogens (tertiary/aromatic N) is 3. The number of benzene rings is 2. The minimum Gasteiger partial charge on any atom is -0.487 e. The molecule has 156 valence electrons. The lowest BCUT2D eigenvalue weighted by atomic mass is 10.2. The van der Waals surface area contributed by atoms with Crippen LogP contribution in [0.3, 0.4) is 0 Å². The largest absolute Gasteiger partial charge is 0.487 e. The van der Waals surface area contributed by atoms with Gasteiger partial charge in [-0.2, -0.15) is 0 Å². The van der Waals surface area contributed by atoms with Crippen LogP contribution in [-0.2, 0) is 10.0 Å². The molecule has 1 N–H and O–H groups in total. The molecule has 0 atom stereocenters. The van der Waals surface area contributed by atoms with Crippen molar-refractivity contribution in [1.29, 1.82) is 0 Å². The molecule has 5 rings (SSSR count). The molecule has 3 heterocycles. The molecule has 2 aliphatic rings. The predicted octanol–water partition coefficient (Wildman–Crippen LogP) is 2.89. The van der Waals surface area contributed by atoms with Gasteiger partial charge in [-0.25, -0.2) is 8.42 Å². The molecule has 1 aromatic heterocycles. The van der Waals surface area contributed by atoms with Crippen molar-refractivity contribution < 1.29 is 13.2 Å². The van der Waals surface area contributed by atoms with Crippen molar-refractivity contribution in [2.75, 3.05) is 48.5 Å². The van der Waals surface area contributed by atoms with Crippen molar-refractivity contribution >= 4 is 43.9 Å². The Labute approximate surface area is 180 Å². The first-order valence-electron chi connectivity index (χ1n) is 9.84. The van der Waals surface area contributed by atoms with Gasteiger partial charge in [-0.1, -0.05) is 29.8 Å². The van der Waals surface area contributed by atoms with Crippen molar-refractivity contribution in [2.24, 2.45) is 0 Å². The average Bonchev–Trinajstić information content (AvgIpc) is 2.78. The van der Waals surface area contributed by atoms with Crippen LogP contribution < -0.4 is 19.3 Å². The topological polar surface area (TPSA) is 74.8 Å². The van der Waals surface area contributed by atoms with Gasteiger partial charge in [0.1, 0.15) is 11.5 Å². The molecule has 7 nitrogen and oxygen atoms in total. The van der Waals surface area contributed by atoms with Gasteiger partial charge in [0.05, 0.1) is 23.4 Å². The molecule has 0 radical (unpaired) electrons. The van der Waals surface area contributed by atoms with E-state index in [-0.39, 0.29) is 18.0 Å². The molecule has 0 bridgehead atoms. The molecular weight excluding hydrogens is 424 g/mol. The number of aromatic nitrogens is 1. The lowest BCUT2D eigenvalue weighted by Crippen LogP contribution is -2.44. The summed E-state index contributed by atoms with van der Waals surface area (Å²) in [4.78, 5) is 6.68. The Hall–Kier alpha value is -2.55. The Bertz CT molecular complexity index is 1210. The quantitative estimate of drug-likeness (QED) is 0.669. The first-order valence-corrected chi connectivity index (χ1v) is 11.7. The number of ether oxygens (including phenoxy) is 1. The zero-order chi connectivity index (χ0) is 20.7. The van der Waals surface area contributed by atoms with E-state index in [1.807, 2.05) is 18.2 Å². The maximum Gasteiger partial charge on any atom is 0.266 e. The number of hydrogen-bond donors (Lipinski definition) is 1. The molecule has 0 saturated carbocycles. The lowest BCUT2D eigenvalue weighted by molar-refractivity contribution is 0.315. The molecule has 1 saturated heterocycles. The van der Waals surface area contributed by atoms with Gasteiger partial charge in [0.25, 0.3) is 10.0 Å². The Morgan fingerprint density at radius 1 is 1.03 bits per heavy atom. The maximum absolute atomic E-state index is 13.7. The monoisotopic (exact) mass is 444 g/mol. The molecule has 0 amide bonds. The van der Waals surface area contributed by atoms with Crippen LogP contribution in [0.15, 0.2) is 53.6 Å². The van der Waals surface area contributed by atoms with Crippen LogP contribution in [0.2, 0.25) is 5.02 Å². The second-order valence-electron chi connectivity index (χ2n) is 7.27. The molecule has 30 heavy (non-hydrogen) atoms. The zero-order valence-electron chi connectivity index (χ0n) is 16.2. The van der Waals surface area contributed by atoms with E-state index in [1.165, 1.54) is 4.31 Å². The fourth-order valence-electron chi connectivity index (χ4n) is 4.04. The minimum absolute atomic E-state index is 0.178. The number of para-hydroxylation sites is 1. The van der Waals surface area contributed by atoms with Crippen molar-refractivity contribution in [3.63, 3.8) is 0 Å². The number of anilines is 2. The van der Waals surface area contributed by atoms with Crippen molar-refractivity contribution in [3.05, 3.63) is 53.7 Å². The molecule has 1 fully saturated rings. The average molecular weight is 445 g/mol. The van der Waals surface area contributed by atoms with Gasteiger partial charge >= 0.3 is 0 Å². The van der Waals surface area contributed by atoms with Gasteiger partial charge in [0, 0.05) is 42.8 Å². The number of pyridine rings is 1. The van der Waals surface area contributed by atoms with E-state index >= 15 is 0 Å². The highest BCUT2D eigenvalue weighted by atomic mass is 35.5. The minimum atomic E-state index is -3.86. The summed E-state index contributed by atoms with van der Waals surface area (Å²) >= 11 is 6.43. The van der Waals surface area contributed by atoms with E-state index in [0.29, 0.717) is 22.0 Å². The Balaban J connectivity index is 1.65. The Morgan fingerprint density at radius 3 is 2.63 bits per heavy atom. The van der Waals surface area contributed by atoms with E-state index in [1.54, 1.807) is 30.5 Å². The SMILES string of the molecule is O=S(=O)(c1cccc2cccnc12)N1CCOc2c(N3CCNCC3)cc(Cl)cc21. The van der Waals surface area contributed by atoms with Gasteiger partial charge in [-0.15, -0.1) is 0 Å². The molecular formula is C21H21ClN4O3S. The van der Waals surface area contributed by atoms with Gasteiger partial charge in [-0.05, 0) is 24.3 Å². The molecule has 2 aliphatic heterocycles. The summed E-state index contributed by atoms with van der Waals surface area (Å²) in [7, 11) is -3.86. The fourth-order valence-corrected chi connectivity index (χ4v) is 5.86. The van der Waals surface area contributed by atoms with Crippen LogP contribution in [0.1, 0.15) is 0 Å². The number of sulfonamides is 1. The van der Waals surface area contributed by atoms with Gasteiger partial charge < -0.3 is 15.0 Å². The standard InChI is InChI=1S/C21H21ClN4O3S/c22-16-13-17(25-9-7-23-8-10-25)21-18(14-16)26(11-12-29-21)30(27,28)19-5-1-3-15-4-2-6-24-20(15)19/h1-6,13-14,23H,7-12H2. The summed E-state index contributed by atoms with van der Waals surface area (Å²) in [5.74, 6) is 0.560. The van der Waals surface area contributed by atoms with Crippen LogP contribution in [0.5, 0.6) is 5.75 Å². The molecule has 0 aliphatic carbocycles. The summed E-state index contributed by atoms with van der Waals surface area (Å²) in [6.07, 6.45) is 1.61. The third-order valence-electron chi connectivity index (χ3n) is 5.45. The highest BCUT2D eigenvalue weighted by molar-refractivity contribution is 7.93. The van der Waals surface area contributed by atoms with Gasteiger partial charge in [-0.3, -0.25) is 9.29 Å². The number of fused-ring (bicyclic) bond motifs is 2. The van der Waals surface area contributed by atoms with E-state index in [9.17, 15) is 8.42 Å². The first-order chi connectivity index (χ1) is 14.6. The van der Waals surface area contributed by atoms with Crippen LogP contribution in [-0.4, -0.2) is 52.7 Å². The summed E-state index contributed by atoms with van der Waals surface area (Å²) < 4.78 is 34.8. The van der Waals surface area contributed by atoms with Crippen LogP contribution >= 0.6 is 11.6 Å². The van der Waals surface area contributed by atoms with Gasteiger partial charge in [0.2, 0.25) is 0 Å². The molecule has 9 heteroatoms. The van der Waals surface area contributed by atoms with Crippen molar-refractivity contribution in [2.45, 2.75) is 4.90 Å². The number of hydrogen-bond acceptors (Lipinski definition) is 6. The third kappa shape index (κ3) is 3.25. The molecule has 3 aromatic rings. The van der Waals surface area contributed by atoms with Crippen LogP contribution in [0.4, 0.5) is 11.4 Å². The molecule has 0 unspecified atom stereocenters. The third-order valence-corrected chi connectivity index (χ3v) is 7.51. The number of rotatable bonds is 3. The summed E-state index contributed by atoms with van der Waals surface area (Å²) in [5, 5.41) is 4.58. The number of nitrogens with one attached hydrogen (secondary N) is 1. The van der Waals surface area contributed by atoms with E-state index in [2.05, 4.69) is 15.2 Å². The lowest BCUT2D eigenvalue weighted by Gasteiger charge is -2.36. The summed E-state index contributed by atoms with van der Waals surface area (Å²) in [6, 6.07) is 12.4. The fraction of sp³-hybridized carbons (Fsp3) is 0.286. The maximum atomic E-state index is 13.7. The highest BCUT2D eigenvalue weighted by Crippen LogP contribution is 2.45. The van der Waals surface area contributed by atoms with Crippen molar-refractivity contribution in [1.82, 2.24) is 10.3 Å². The Kier molecular flexibility index (Phi) is 4.92. The number of piperazine rings is 1. The summed E-state index contributed by atoms with van der Waals surface area (Å²) in [6.45, 7) is 3.78. The second-order valence-corrected chi connectivity index (χ2v) is 9.53. The number of halogens is 1. The van der Waals surface area contributed by atoms with Crippen LogP contribution in [0, 0.1) is 0 Å². The van der Waals surface area contributed by atoms with E-state index in [0.717, 1.165) is 37.3 Å². The normalized spacial score (nSPS) is 17.0. The predicted molar refractivity (Wildman–Crippen MR) is 118 cm³/mol. The first kappa shape index (κ1) is 19.4. The van der Waals surface area contributed by atoms with E-state index < -0.39 is 10.0 Å². The van der Waals surface area contributed by atoms with E-state index in [4.69, 9.17) is 16.3 Å². The molecule has 0 spiro atoms. The smallest absolute Gasteiger partial charge is 0.266 e. The molecule has 2 aromatic carbocycles. The zero-order valence-corrected chi connectivity index (χ0v) is 17.8. The van der Waals surface area contributed by atoms with Crippen LogP contribution in [0.25, 0.3) is 10.9 Å².